The molecule has 31 heavy (non-hydrogen) atoms. The topological polar surface area (TPSA) is 63.4 Å². The Morgan fingerprint density at radius 1 is 1.16 bits per heavy atom. The van der Waals surface area contributed by atoms with Gasteiger partial charge in [0, 0.05) is 18.0 Å². The van der Waals surface area contributed by atoms with Crippen LogP contribution in [0.1, 0.15) is 59.1 Å². The summed E-state index contributed by atoms with van der Waals surface area (Å²) in [6, 6.07) is 5.00. The summed E-state index contributed by atoms with van der Waals surface area (Å²) in [6.45, 7) is 0. The van der Waals surface area contributed by atoms with E-state index in [1.807, 2.05) is 4.90 Å². The van der Waals surface area contributed by atoms with E-state index in [4.69, 9.17) is 11.6 Å². The summed E-state index contributed by atoms with van der Waals surface area (Å²) in [5, 5.41) is 4.19. The lowest BCUT2D eigenvalue weighted by Gasteiger charge is -2.40. The van der Waals surface area contributed by atoms with Crippen molar-refractivity contribution in [2.45, 2.75) is 50.1 Å². The molecule has 3 aromatic heterocycles. The van der Waals surface area contributed by atoms with Gasteiger partial charge in [-0.2, -0.15) is 50.6 Å². The van der Waals surface area contributed by atoms with Gasteiger partial charge in [-0.25, -0.2) is 18.3 Å². The molecule has 2 bridgehead atoms. The van der Waals surface area contributed by atoms with E-state index in [9.17, 15) is 13.6 Å². The normalized spacial score (nSPS) is 22.1. The van der Waals surface area contributed by atoms with Crippen molar-refractivity contribution < 1.29 is 13.6 Å². The Kier molecular flexibility index (Phi) is 8.65. The number of fused-ring (bicyclic) bond motifs is 3. The van der Waals surface area contributed by atoms with Crippen molar-refractivity contribution in [3.8, 4) is 0 Å². The number of piperidine rings is 1. The molecule has 2 saturated heterocycles. The van der Waals surface area contributed by atoms with Crippen molar-refractivity contribution in [1.82, 2.24) is 24.5 Å². The number of aromatic nitrogens is 4. The number of hydrogen-bond acceptors (Lipinski definition) is 5. The molecule has 2 aliphatic rings. The van der Waals surface area contributed by atoms with E-state index in [1.165, 1.54) is 28.2 Å². The fourth-order valence-electron chi connectivity index (χ4n) is 4.60. The Labute approximate surface area is 207 Å². The highest BCUT2D eigenvalue weighted by molar-refractivity contribution is 7.59. The molecule has 13 heteroatoms. The molecule has 0 N–H and O–H groups in total. The number of thiophene rings is 1. The van der Waals surface area contributed by atoms with Crippen molar-refractivity contribution >= 4 is 75.1 Å². The number of hydrogen-bond donors (Lipinski definition) is 0. The van der Waals surface area contributed by atoms with Crippen molar-refractivity contribution in [3.63, 3.8) is 0 Å². The molecule has 0 spiro atoms. The summed E-state index contributed by atoms with van der Waals surface area (Å²) in [5.74, 6) is 0.0331. The fourth-order valence-corrected chi connectivity index (χ4v) is 5.59. The number of nitrogens with zero attached hydrogens (tertiary/aromatic N) is 5. The van der Waals surface area contributed by atoms with Crippen LogP contribution in [0.5, 0.6) is 0 Å². The molecule has 0 saturated carbocycles. The van der Waals surface area contributed by atoms with Crippen LogP contribution in [0.3, 0.4) is 0 Å². The Hall–Kier alpha value is -1.08. The number of alkyl halides is 2. The van der Waals surface area contributed by atoms with Crippen LogP contribution in [0.4, 0.5) is 8.78 Å². The average Bonchev–Trinajstić information content (AvgIpc) is 3.39. The zero-order valence-electron chi connectivity index (χ0n) is 16.1. The lowest BCUT2D eigenvalue weighted by atomic mass is 9.86. The average molecular weight is 526 g/mol. The second-order valence-corrected chi connectivity index (χ2v) is 8.89. The Balaban J connectivity index is 0.00000114. The van der Waals surface area contributed by atoms with Crippen LogP contribution in [0.15, 0.2) is 24.5 Å². The van der Waals surface area contributed by atoms with Crippen molar-refractivity contribution in [2.24, 2.45) is 0 Å². The van der Waals surface area contributed by atoms with E-state index in [0.29, 0.717) is 14.9 Å². The maximum absolute atomic E-state index is 13.4. The molecule has 0 unspecified atom stereocenters. The fraction of sp³-hybridized carbons (Fsp3) is 0.444. The summed E-state index contributed by atoms with van der Waals surface area (Å²) in [5.41, 5.74) is 0.337. The minimum atomic E-state index is -2.69. The lowest BCUT2D eigenvalue weighted by molar-refractivity contribution is 0.0559. The van der Waals surface area contributed by atoms with Crippen LogP contribution < -0.4 is 0 Å². The van der Waals surface area contributed by atoms with Gasteiger partial charge in [0.15, 0.2) is 0 Å². The van der Waals surface area contributed by atoms with E-state index in [2.05, 4.69) is 15.1 Å². The van der Waals surface area contributed by atoms with E-state index >= 15 is 0 Å². The Morgan fingerprint density at radius 3 is 2.58 bits per heavy atom. The number of carbonyl (C=O) groups is 1. The molecule has 3 aromatic rings. The molecular formula is C18H22ClF2N5OS4. The highest BCUT2D eigenvalue weighted by Gasteiger charge is 2.46. The van der Waals surface area contributed by atoms with Gasteiger partial charge < -0.3 is 4.90 Å². The van der Waals surface area contributed by atoms with Gasteiger partial charge in [0.25, 0.3) is 18.1 Å². The smallest absolute Gasteiger partial charge is 0.280 e. The summed E-state index contributed by atoms with van der Waals surface area (Å²) < 4.78 is 28.8. The van der Waals surface area contributed by atoms with E-state index in [-0.39, 0.29) is 75.9 Å². The summed E-state index contributed by atoms with van der Waals surface area (Å²) >= 11 is 7.27. The first-order chi connectivity index (χ1) is 13.5. The standard InChI is InChI=1S/C18H16ClF2N5OS.3H2S/c19-15-6-5-14(28-15)17(27)25-9-1-3-10(12(25)4-2-9)13-7-11(16(20)21)24-18-22-8-23-26(13)18;;;/h5-10,12,16H,1-4H2;3*1H2/t9-,10-,12-;;;/m0.../s1. The quantitative estimate of drug-likeness (QED) is 0.498. The van der Waals surface area contributed by atoms with Crippen LogP contribution in [-0.4, -0.2) is 42.5 Å². The van der Waals surface area contributed by atoms with Crippen LogP contribution >= 0.6 is 63.4 Å². The van der Waals surface area contributed by atoms with Gasteiger partial charge in [-0.15, -0.1) is 11.3 Å². The lowest BCUT2D eigenvalue weighted by Crippen LogP contribution is -2.47. The maximum Gasteiger partial charge on any atom is 0.280 e. The first-order valence-electron chi connectivity index (χ1n) is 9.09. The van der Waals surface area contributed by atoms with E-state index < -0.39 is 6.43 Å². The highest BCUT2D eigenvalue weighted by atomic mass is 35.5. The molecule has 6 nitrogen and oxygen atoms in total. The molecule has 0 aromatic carbocycles. The van der Waals surface area contributed by atoms with Crippen LogP contribution in [0, 0.1) is 0 Å². The molecule has 2 aliphatic heterocycles. The third-order valence-electron chi connectivity index (χ3n) is 5.74. The maximum atomic E-state index is 13.4. The van der Waals surface area contributed by atoms with E-state index in [0.717, 1.165) is 25.7 Å². The summed E-state index contributed by atoms with van der Waals surface area (Å²) in [6.07, 6.45) is 2.02. The van der Waals surface area contributed by atoms with Gasteiger partial charge in [-0.05, 0) is 43.9 Å². The third kappa shape index (κ3) is 4.54. The molecule has 0 radical (unpaired) electrons. The predicted octanol–water partition coefficient (Wildman–Crippen LogP) is 4.67. The number of carbonyl (C=O) groups excluding carboxylic acids is 1. The van der Waals surface area contributed by atoms with Crippen molar-refractivity contribution in [3.05, 3.63) is 45.1 Å². The minimum absolute atomic E-state index is 0. The monoisotopic (exact) mass is 525 g/mol. The SMILES string of the molecule is O=C(c1ccc(Cl)s1)N1[C@H]2CC[C@H](c3cc(C(F)F)nc4ncnn34)[C@@H]1CC2.S.S.S. The predicted molar refractivity (Wildman–Crippen MR) is 131 cm³/mol. The molecule has 3 atom stereocenters. The van der Waals surface area contributed by atoms with Crippen LogP contribution in [0.25, 0.3) is 5.78 Å². The number of halogens is 3. The first kappa shape index (κ1) is 26.2. The molecular weight excluding hydrogens is 504 g/mol. The van der Waals surface area contributed by atoms with Gasteiger partial charge in [-0.3, -0.25) is 4.79 Å². The number of rotatable bonds is 3. The van der Waals surface area contributed by atoms with Gasteiger partial charge in [-0.1, -0.05) is 11.6 Å². The number of amides is 1. The highest BCUT2D eigenvalue weighted by Crippen LogP contribution is 2.45. The molecule has 1 amide bonds. The zero-order chi connectivity index (χ0) is 19.4. The Bertz CT molecular complexity index is 1060. The van der Waals surface area contributed by atoms with Crippen LogP contribution in [0.2, 0.25) is 4.34 Å². The Morgan fingerprint density at radius 2 is 1.90 bits per heavy atom. The van der Waals surface area contributed by atoms with Gasteiger partial charge in [0.1, 0.15) is 12.0 Å². The van der Waals surface area contributed by atoms with E-state index in [1.54, 1.807) is 12.1 Å². The minimum Gasteiger partial charge on any atom is -0.331 e. The molecule has 2 fully saturated rings. The van der Waals surface area contributed by atoms with Crippen molar-refractivity contribution in [2.75, 3.05) is 0 Å². The first-order valence-corrected chi connectivity index (χ1v) is 10.3. The largest absolute Gasteiger partial charge is 0.331 e. The van der Waals surface area contributed by atoms with Gasteiger partial charge >= 0.3 is 0 Å². The zero-order valence-corrected chi connectivity index (χ0v) is 20.7. The summed E-state index contributed by atoms with van der Waals surface area (Å²) in [7, 11) is 0. The van der Waals surface area contributed by atoms with Crippen molar-refractivity contribution in [1.29, 1.82) is 0 Å². The van der Waals surface area contributed by atoms with Gasteiger partial charge in [0.05, 0.1) is 14.9 Å². The van der Waals surface area contributed by atoms with Crippen LogP contribution in [-0.2, 0) is 0 Å². The summed E-state index contributed by atoms with van der Waals surface area (Å²) in [4.78, 5) is 23.6. The van der Waals surface area contributed by atoms with Gasteiger partial charge in [0.2, 0.25) is 0 Å². The molecule has 5 rings (SSSR count). The third-order valence-corrected chi connectivity index (χ3v) is 6.96. The second kappa shape index (κ2) is 10.2. The molecule has 5 heterocycles. The molecule has 0 aliphatic carbocycles. The molecule has 170 valence electrons. The second-order valence-electron chi connectivity index (χ2n) is 7.18.